The fourth-order valence-corrected chi connectivity index (χ4v) is 0.971. The number of nitrogens with zero attached hydrogens (tertiary/aromatic N) is 2. The Labute approximate surface area is 131 Å². The van der Waals surface area contributed by atoms with Crippen LogP contribution < -0.4 is 68.7 Å². The molecule has 0 saturated heterocycles. The van der Waals surface area contributed by atoms with Crippen molar-refractivity contribution in [1.29, 1.82) is 5.26 Å². The topological polar surface area (TPSA) is 75.2 Å². The summed E-state index contributed by atoms with van der Waals surface area (Å²) < 4.78 is 0.402. The molecule has 0 amide bonds. The minimum atomic E-state index is -0.689. The van der Waals surface area contributed by atoms with Gasteiger partial charge in [-0.1, -0.05) is 0 Å². The van der Waals surface area contributed by atoms with Crippen molar-refractivity contribution >= 4 is 22.6 Å². The molecule has 1 aromatic rings. The first-order valence-electron chi connectivity index (χ1n) is 2.61. The third kappa shape index (κ3) is 2.63. The first-order valence-corrected chi connectivity index (χ1v) is 3.69. The quantitative estimate of drug-likeness (QED) is 0.515. The van der Waals surface area contributed by atoms with Crippen molar-refractivity contribution in [3.63, 3.8) is 0 Å². The first kappa shape index (κ1) is 12.8. The molecule has 0 aromatic carbocycles. The third-order valence-corrected chi connectivity index (χ3v) is 1.87. The minimum Gasteiger partial charge on any atom is -0.627 e. The third-order valence-electron chi connectivity index (χ3n) is 1.08. The maximum absolute atomic E-state index is 10.7. The van der Waals surface area contributed by atoms with Crippen molar-refractivity contribution in [1.82, 2.24) is 4.98 Å². The Kier molecular flexibility index (Phi) is 5.85. The van der Waals surface area contributed by atoms with E-state index < -0.39 is 5.56 Å². The van der Waals surface area contributed by atoms with Gasteiger partial charge in [-0.3, -0.25) is 0 Å². The van der Waals surface area contributed by atoms with Gasteiger partial charge in [-0.2, -0.15) is 11.5 Å². The van der Waals surface area contributed by atoms with E-state index in [4.69, 9.17) is 10.4 Å². The number of halogens is 1. The summed E-state index contributed by atoms with van der Waals surface area (Å²) in [6, 6.07) is 1.57. The van der Waals surface area contributed by atoms with Crippen molar-refractivity contribution < 1.29 is 63.3 Å². The largest absolute Gasteiger partial charge is 1.00 e. The molecule has 0 aliphatic heterocycles. The fourth-order valence-electron chi connectivity index (χ4n) is 0.562. The molecule has 1 rings (SSSR count). The summed E-state index contributed by atoms with van der Waals surface area (Å²) >= 11 is 1.79. The van der Waals surface area contributed by atoms with E-state index in [1.54, 1.807) is 28.7 Å². The van der Waals surface area contributed by atoms with Crippen LogP contribution in [0.3, 0.4) is 0 Å². The Morgan fingerprint density at radius 1 is 1.67 bits per heavy atom. The van der Waals surface area contributed by atoms with Crippen LogP contribution in [0.4, 0.5) is 0 Å². The number of pyridine rings is 1. The number of rotatable bonds is 0. The fraction of sp³-hybridized carbons (Fsp3) is 0. The van der Waals surface area contributed by atoms with Crippen LogP contribution in [0.15, 0.2) is 11.0 Å². The van der Waals surface area contributed by atoms with Gasteiger partial charge in [0.25, 0.3) is 0 Å². The molecule has 0 atom stereocenters. The van der Waals surface area contributed by atoms with Gasteiger partial charge < -0.3 is 14.9 Å². The number of aromatic hydroxyl groups is 1. The summed E-state index contributed by atoms with van der Waals surface area (Å²) in [5.41, 5.74) is -0.984. The Morgan fingerprint density at radius 3 is 2.67 bits per heavy atom. The average Bonchev–Trinajstić information content (AvgIpc) is 1.99. The molecule has 0 aliphatic rings. The van der Waals surface area contributed by atoms with E-state index in [0.717, 1.165) is 0 Å². The minimum absolute atomic E-state index is 0. The van der Waals surface area contributed by atoms with Crippen LogP contribution in [0, 0.1) is 14.9 Å². The van der Waals surface area contributed by atoms with Gasteiger partial charge in [-0.25, -0.2) is 0 Å². The van der Waals surface area contributed by atoms with Crippen molar-refractivity contribution in [3.8, 4) is 11.8 Å². The van der Waals surface area contributed by atoms with Crippen molar-refractivity contribution in [2.75, 3.05) is 0 Å². The number of aromatic nitrogens is 1. The monoisotopic (exact) mass is 346 g/mol. The van der Waals surface area contributed by atoms with E-state index >= 15 is 0 Å². The summed E-state index contributed by atoms with van der Waals surface area (Å²) in [4.78, 5) is 14.1. The second-order valence-corrected chi connectivity index (χ2v) is 2.91. The zero-order chi connectivity index (χ0) is 8.43. The summed E-state index contributed by atoms with van der Waals surface area (Å²) in [6.45, 7) is 0. The molecule has 0 bridgehead atoms. The normalized spacial score (nSPS) is 8.33. The van der Waals surface area contributed by atoms with Gasteiger partial charge in [0.1, 0.15) is 17.4 Å². The van der Waals surface area contributed by atoms with Gasteiger partial charge >= 0.3 is 58.2 Å². The number of hydrogen-bond donors (Lipinski definition) is 1. The Hall–Kier alpha value is 0.775. The molecule has 0 unspecified atom stereocenters. The van der Waals surface area contributed by atoms with Crippen LogP contribution in [-0.2, 0) is 0 Å². The molecule has 0 aliphatic carbocycles. The average molecular weight is 346 g/mol. The van der Waals surface area contributed by atoms with E-state index in [-0.39, 0.29) is 69.5 Å². The SMILES string of the molecule is N#Cc1c(O)c(I)c[n-]c1=O.[Rb+]. The molecule has 4 nitrogen and oxygen atoms in total. The van der Waals surface area contributed by atoms with E-state index in [9.17, 15) is 4.79 Å². The predicted molar refractivity (Wildman–Crippen MR) is 45.1 cm³/mol. The molecule has 1 N–H and O–H groups in total. The van der Waals surface area contributed by atoms with Crippen molar-refractivity contribution in [3.05, 3.63) is 25.7 Å². The Morgan fingerprint density at radius 2 is 2.25 bits per heavy atom. The van der Waals surface area contributed by atoms with Crippen molar-refractivity contribution in [2.24, 2.45) is 0 Å². The van der Waals surface area contributed by atoms with Crippen LogP contribution in [0.2, 0.25) is 0 Å². The zero-order valence-corrected chi connectivity index (χ0v) is 13.3. The Bertz CT molecular complexity index is 382. The molecule has 1 aromatic heterocycles. The number of nitriles is 1. The van der Waals surface area contributed by atoms with E-state index in [1.165, 1.54) is 6.20 Å². The van der Waals surface area contributed by atoms with E-state index in [2.05, 4.69) is 4.98 Å². The summed E-state index contributed by atoms with van der Waals surface area (Å²) in [7, 11) is 0. The molecule has 6 heteroatoms. The van der Waals surface area contributed by atoms with Gasteiger partial charge in [-0.15, -0.1) is 0 Å². The van der Waals surface area contributed by atoms with Crippen LogP contribution in [0.1, 0.15) is 5.56 Å². The maximum atomic E-state index is 10.7. The van der Waals surface area contributed by atoms with Gasteiger partial charge in [0.2, 0.25) is 0 Å². The molecule has 0 radical (unpaired) electrons. The van der Waals surface area contributed by atoms with Crippen LogP contribution in [0.5, 0.6) is 5.75 Å². The zero-order valence-electron chi connectivity index (χ0n) is 6.21. The molecule has 56 valence electrons. The molecule has 0 saturated carbocycles. The second-order valence-electron chi connectivity index (χ2n) is 1.75. The van der Waals surface area contributed by atoms with Crippen LogP contribution in [0.25, 0.3) is 0 Å². The predicted octanol–water partition coefficient (Wildman–Crippen LogP) is -2.81. The summed E-state index contributed by atoms with van der Waals surface area (Å²) in [6.07, 6.45) is 1.22. The van der Waals surface area contributed by atoms with Crippen LogP contribution in [-0.4, -0.2) is 5.11 Å². The summed E-state index contributed by atoms with van der Waals surface area (Å²) in [5, 5.41) is 17.5. The number of hydrogen-bond acceptors (Lipinski definition) is 3. The molecule has 0 spiro atoms. The molecule has 1 heterocycles. The van der Waals surface area contributed by atoms with E-state index in [0.29, 0.717) is 3.57 Å². The Balaban J connectivity index is 0.00000121. The standard InChI is InChI=1S/C6H3IN2O2.Rb/c7-4-2-9-6(11)3(1-8)5(4)10;/h2H,(H2,9,10,11);/q;+1/p-1. The molecule has 12 heavy (non-hydrogen) atoms. The summed E-state index contributed by atoms with van der Waals surface area (Å²) in [5.74, 6) is -0.284. The molecular weight excluding hydrogens is 344 g/mol. The van der Waals surface area contributed by atoms with Gasteiger partial charge in [0.15, 0.2) is 0 Å². The second kappa shape index (κ2) is 5.49. The van der Waals surface area contributed by atoms with Gasteiger partial charge in [0, 0.05) is 3.57 Å². The van der Waals surface area contributed by atoms with E-state index in [1.807, 2.05) is 0 Å². The van der Waals surface area contributed by atoms with Gasteiger partial charge in [-0.05, 0) is 22.6 Å². The first-order chi connectivity index (χ1) is 5.16. The van der Waals surface area contributed by atoms with Gasteiger partial charge in [0.05, 0.1) is 5.56 Å². The molecule has 0 fully saturated rings. The smallest absolute Gasteiger partial charge is 0.627 e. The van der Waals surface area contributed by atoms with Crippen LogP contribution >= 0.6 is 22.6 Å². The maximum Gasteiger partial charge on any atom is 1.00 e. The molecular formula is C6H2IN2O2Rb. The van der Waals surface area contributed by atoms with Crippen molar-refractivity contribution in [2.45, 2.75) is 0 Å².